The van der Waals surface area contributed by atoms with Gasteiger partial charge in [-0.15, -0.1) is 0 Å². The van der Waals surface area contributed by atoms with E-state index in [4.69, 9.17) is 23.2 Å². The lowest BCUT2D eigenvalue weighted by Gasteiger charge is -2.28. The Morgan fingerprint density at radius 3 is 2.27 bits per heavy atom. The molecule has 0 radical (unpaired) electrons. The van der Waals surface area contributed by atoms with Crippen molar-refractivity contribution in [2.24, 2.45) is 0 Å². The Morgan fingerprint density at radius 2 is 1.77 bits per heavy atom. The zero-order valence-electron chi connectivity index (χ0n) is 12.2. The quantitative estimate of drug-likeness (QED) is 0.752. The third-order valence-corrected chi connectivity index (χ3v) is 3.82. The number of benzene rings is 1. The molecule has 3 nitrogen and oxygen atoms in total. The monoisotopic (exact) mass is 340 g/mol. The molecule has 1 atom stereocenters. The van der Waals surface area contributed by atoms with Gasteiger partial charge in [0.2, 0.25) is 0 Å². The summed E-state index contributed by atoms with van der Waals surface area (Å²) in [6.45, 7) is 4.26. The van der Waals surface area contributed by atoms with Crippen molar-refractivity contribution in [3.8, 4) is 0 Å². The molecule has 1 aromatic heterocycles. The number of aromatic nitrogens is 1. The van der Waals surface area contributed by atoms with E-state index in [0.717, 1.165) is 5.56 Å². The summed E-state index contributed by atoms with van der Waals surface area (Å²) in [5.41, 5.74) is 1.23. The second kappa shape index (κ2) is 7.07. The van der Waals surface area contributed by atoms with Crippen molar-refractivity contribution in [1.29, 1.82) is 0 Å². The van der Waals surface area contributed by atoms with Crippen LogP contribution in [0.25, 0.3) is 0 Å². The second-order valence-corrected chi connectivity index (χ2v) is 5.59. The van der Waals surface area contributed by atoms with Gasteiger partial charge < -0.3 is 4.90 Å². The third kappa shape index (κ3) is 3.76. The van der Waals surface area contributed by atoms with Crippen LogP contribution in [0.2, 0.25) is 10.3 Å². The molecule has 0 spiro atoms. The van der Waals surface area contributed by atoms with Gasteiger partial charge in [0.05, 0.1) is 6.04 Å². The molecule has 0 aliphatic heterocycles. The smallest absolute Gasteiger partial charge is 0.254 e. The van der Waals surface area contributed by atoms with Gasteiger partial charge in [0.25, 0.3) is 5.91 Å². The van der Waals surface area contributed by atoms with Gasteiger partial charge in [0, 0.05) is 12.1 Å². The molecule has 1 unspecified atom stereocenters. The molecule has 0 bridgehead atoms. The van der Waals surface area contributed by atoms with Gasteiger partial charge in [-0.25, -0.2) is 9.37 Å². The molecule has 0 aliphatic rings. The van der Waals surface area contributed by atoms with E-state index >= 15 is 0 Å². The Labute approximate surface area is 138 Å². The number of amides is 1. The molecule has 0 N–H and O–H groups in total. The van der Waals surface area contributed by atoms with Crippen LogP contribution in [-0.4, -0.2) is 22.3 Å². The van der Waals surface area contributed by atoms with E-state index in [0.29, 0.717) is 12.1 Å². The predicted molar refractivity (Wildman–Crippen MR) is 85.8 cm³/mol. The van der Waals surface area contributed by atoms with Crippen LogP contribution in [0.5, 0.6) is 0 Å². The summed E-state index contributed by atoms with van der Waals surface area (Å²) in [5.74, 6) is -0.511. The molecule has 1 heterocycles. The van der Waals surface area contributed by atoms with Gasteiger partial charge in [-0.05, 0) is 43.7 Å². The van der Waals surface area contributed by atoms with Gasteiger partial charge in [0.1, 0.15) is 16.1 Å². The molecular formula is C16H15Cl2FN2O. The summed E-state index contributed by atoms with van der Waals surface area (Å²) >= 11 is 11.7. The maximum absolute atomic E-state index is 13.0. The van der Waals surface area contributed by atoms with Gasteiger partial charge in [-0.1, -0.05) is 35.3 Å². The topological polar surface area (TPSA) is 33.2 Å². The van der Waals surface area contributed by atoms with Crippen molar-refractivity contribution in [1.82, 2.24) is 9.88 Å². The molecule has 1 amide bonds. The molecule has 0 saturated carbocycles. The lowest BCUT2D eigenvalue weighted by molar-refractivity contribution is 0.0702. The Morgan fingerprint density at radius 1 is 1.23 bits per heavy atom. The van der Waals surface area contributed by atoms with Crippen molar-refractivity contribution >= 4 is 29.1 Å². The molecule has 0 fully saturated rings. The molecule has 1 aromatic carbocycles. The van der Waals surface area contributed by atoms with Crippen LogP contribution in [-0.2, 0) is 0 Å². The number of rotatable bonds is 4. The van der Waals surface area contributed by atoms with E-state index in [9.17, 15) is 9.18 Å². The fourth-order valence-electron chi connectivity index (χ4n) is 2.27. The highest BCUT2D eigenvalue weighted by Crippen LogP contribution is 2.24. The lowest BCUT2D eigenvalue weighted by atomic mass is 10.1. The van der Waals surface area contributed by atoms with Crippen LogP contribution in [0.15, 0.2) is 36.4 Å². The first-order valence-electron chi connectivity index (χ1n) is 6.82. The molecule has 0 saturated heterocycles. The first kappa shape index (κ1) is 16.7. The fraction of sp³-hybridized carbons (Fsp3) is 0.250. The van der Waals surface area contributed by atoms with E-state index in [1.807, 2.05) is 13.8 Å². The molecule has 6 heteroatoms. The van der Waals surface area contributed by atoms with Crippen molar-refractivity contribution in [2.75, 3.05) is 6.54 Å². The number of carbonyl (C=O) groups excluding carboxylic acids is 1. The van der Waals surface area contributed by atoms with Gasteiger partial charge in [0.15, 0.2) is 0 Å². The van der Waals surface area contributed by atoms with Crippen LogP contribution in [0.3, 0.4) is 0 Å². The van der Waals surface area contributed by atoms with E-state index < -0.39 is 0 Å². The number of hydrogen-bond acceptors (Lipinski definition) is 2. The minimum atomic E-state index is -0.307. The molecule has 2 rings (SSSR count). The zero-order valence-corrected chi connectivity index (χ0v) is 13.7. The minimum absolute atomic E-state index is 0.168. The highest BCUT2D eigenvalue weighted by molar-refractivity contribution is 6.33. The van der Waals surface area contributed by atoms with Gasteiger partial charge in [-0.3, -0.25) is 4.79 Å². The van der Waals surface area contributed by atoms with Crippen molar-refractivity contribution in [2.45, 2.75) is 19.9 Å². The molecule has 2 aromatic rings. The highest BCUT2D eigenvalue weighted by atomic mass is 35.5. The fourth-order valence-corrected chi connectivity index (χ4v) is 2.73. The van der Waals surface area contributed by atoms with Gasteiger partial charge >= 0.3 is 0 Å². The largest absolute Gasteiger partial charge is 0.332 e. The Balaban J connectivity index is 2.30. The summed E-state index contributed by atoms with van der Waals surface area (Å²) in [6.07, 6.45) is 0. The number of nitrogens with zero attached hydrogens (tertiary/aromatic N) is 2. The van der Waals surface area contributed by atoms with E-state index in [1.165, 1.54) is 24.3 Å². The standard InChI is InChI=1S/C16H15Cl2FN2O/c1-3-21(10(2)11-4-6-13(19)7-5-11)16(22)12-8-14(17)20-15(18)9-12/h4-10H,3H2,1-2H3. The van der Waals surface area contributed by atoms with Crippen LogP contribution in [0.4, 0.5) is 4.39 Å². The highest BCUT2D eigenvalue weighted by Gasteiger charge is 2.22. The lowest BCUT2D eigenvalue weighted by Crippen LogP contribution is -2.33. The van der Waals surface area contributed by atoms with Gasteiger partial charge in [-0.2, -0.15) is 0 Å². The zero-order chi connectivity index (χ0) is 16.3. The van der Waals surface area contributed by atoms with Crippen LogP contribution < -0.4 is 0 Å². The van der Waals surface area contributed by atoms with E-state index in [2.05, 4.69) is 4.98 Å². The SMILES string of the molecule is CCN(C(=O)c1cc(Cl)nc(Cl)c1)C(C)c1ccc(F)cc1. The first-order valence-corrected chi connectivity index (χ1v) is 7.57. The summed E-state index contributed by atoms with van der Waals surface area (Å²) in [6, 6.07) is 8.86. The van der Waals surface area contributed by atoms with Crippen molar-refractivity contribution in [3.05, 3.63) is 63.6 Å². The second-order valence-electron chi connectivity index (χ2n) is 4.82. The predicted octanol–water partition coefficient (Wildman–Crippen LogP) is 4.75. The van der Waals surface area contributed by atoms with Crippen molar-refractivity contribution < 1.29 is 9.18 Å². The maximum atomic E-state index is 13.0. The van der Waals surface area contributed by atoms with E-state index in [1.54, 1.807) is 17.0 Å². The summed E-state index contributed by atoms with van der Waals surface area (Å²) < 4.78 is 13.0. The average molecular weight is 341 g/mol. The minimum Gasteiger partial charge on any atom is -0.332 e. The van der Waals surface area contributed by atoms with Crippen molar-refractivity contribution in [3.63, 3.8) is 0 Å². The Bertz CT molecular complexity index is 656. The molecule has 22 heavy (non-hydrogen) atoms. The molecule has 116 valence electrons. The van der Waals surface area contributed by atoms with Crippen LogP contribution in [0, 0.1) is 5.82 Å². The average Bonchev–Trinajstić information content (AvgIpc) is 2.47. The van der Waals surface area contributed by atoms with E-state index in [-0.39, 0.29) is 28.1 Å². The maximum Gasteiger partial charge on any atom is 0.254 e. The summed E-state index contributed by atoms with van der Waals surface area (Å²) in [4.78, 5) is 18.2. The number of pyridine rings is 1. The first-order chi connectivity index (χ1) is 10.4. The third-order valence-electron chi connectivity index (χ3n) is 3.43. The Kier molecular flexibility index (Phi) is 5.37. The number of halogens is 3. The molecule has 0 aliphatic carbocycles. The van der Waals surface area contributed by atoms with Crippen LogP contribution >= 0.6 is 23.2 Å². The molecular weight excluding hydrogens is 326 g/mol. The summed E-state index contributed by atoms with van der Waals surface area (Å²) in [5, 5.41) is 0.336. The normalized spacial score (nSPS) is 12.0. The number of hydrogen-bond donors (Lipinski definition) is 0. The number of carbonyl (C=O) groups is 1. The van der Waals surface area contributed by atoms with Crippen LogP contribution in [0.1, 0.15) is 35.8 Å². The summed E-state index contributed by atoms with van der Waals surface area (Å²) in [7, 11) is 0. The Hall–Kier alpha value is -1.65.